The molecule has 8 heteroatoms. The molecule has 0 aromatic carbocycles. The number of carbonyl (C=O) groups excluding carboxylic acids is 3. The van der Waals surface area contributed by atoms with Crippen molar-refractivity contribution < 1.29 is 14.4 Å². The molecule has 1 aromatic rings. The van der Waals surface area contributed by atoms with Crippen LogP contribution < -0.4 is 10.6 Å². The third-order valence-corrected chi connectivity index (χ3v) is 4.41. The van der Waals surface area contributed by atoms with Gasteiger partial charge in [-0.25, -0.2) is 0 Å². The number of aromatic nitrogens is 1. The van der Waals surface area contributed by atoms with Crippen LogP contribution in [-0.4, -0.2) is 79.3 Å². The molecule has 0 atom stereocenters. The number of rotatable bonds is 6. The average Bonchev–Trinajstić information content (AvgIpc) is 2.66. The SMILES string of the molecule is CN(C)CCNC(=O)C(=O)NCC1CCN(C(=O)c2cccnc2)CC1. The fourth-order valence-corrected chi connectivity index (χ4v) is 2.80. The minimum atomic E-state index is -0.601. The summed E-state index contributed by atoms with van der Waals surface area (Å²) in [7, 11) is 3.80. The third kappa shape index (κ3) is 6.11. The monoisotopic (exact) mass is 361 g/mol. The molecule has 2 heterocycles. The van der Waals surface area contributed by atoms with Crippen LogP contribution in [0, 0.1) is 5.92 Å². The number of piperidine rings is 1. The topological polar surface area (TPSA) is 94.6 Å². The summed E-state index contributed by atoms with van der Waals surface area (Å²) in [4.78, 5) is 43.6. The number of nitrogens with one attached hydrogen (secondary N) is 2. The lowest BCUT2D eigenvalue weighted by Gasteiger charge is -2.32. The molecule has 8 nitrogen and oxygen atoms in total. The Balaban J connectivity index is 1.68. The molecular formula is C18H27N5O3. The van der Waals surface area contributed by atoms with Crippen molar-refractivity contribution in [2.75, 3.05) is 46.8 Å². The van der Waals surface area contributed by atoms with Crippen molar-refractivity contribution in [3.63, 3.8) is 0 Å². The zero-order valence-corrected chi connectivity index (χ0v) is 15.4. The van der Waals surface area contributed by atoms with E-state index in [1.807, 2.05) is 23.9 Å². The second-order valence-electron chi connectivity index (χ2n) is 6.75. The van der Waals surface area contributed by atoms with Crippen LogP contribution in [0.3, 0.4) is 0 Å². The molecular weight excluding hydrogens is 334 g/mol. The van der Waals surface area contributed by atoms with Crippen LogP contribution in [0.2, 0.25) is 0 Å². The van der Waals surface area contributed by atoms with Gasteiger partial charge in [-0.1, -0.05) is 0 Å². The highest BCUT2D eigenvalue weighted by Crippen LogP contribution is 2.18. The van der Waals surface area contributed by atoms with Gasteiger partial charge in [0.05, 0.1) is 5.56 Å². The van der Waals surface area contributed by atoms with E-state index in [1.54, 1.807) is 24.5 Å². The first-order valence-electron chi connectivity index (χ1n) is 8.87. The lowest BCUT2D eigenvalue weighted by atomic mass is 9.96. The Kier molecular flexibility index (Phi) is 7.53. The number of carbonyl (C=O) groups is 3. The molecule has 2 rings (SSSR count). The zero-order valence-electron chi connectivity index (χ0n) is 15.4. The van der Waals surface area contributed by atoms with Gasteiger partial charge in [-0.2, -0.15) is 0 Å². The lowest BCUT2D eigenvalue weighted by Crippen LogP contribution is -2.45. The van der Waals surface area contributed by atoms with E-state index in [0.29, 0.717) is 38.3 Å². The number of hydrogen-bond donors (Lipinski definition) is 2. The summed E-state index contributed by atoms with van der Waals surface area (Å²) in [6.45, 7) is 2.86. The highest BCUT2D eigenvalue weighted by Gasteiger charge is 2.24. The average molecular weight is 361 g/mol. The van der Waals surface area contributed by atoms with Crippen LogP contribution in [0.15, 0.2) is 24.5 Å². The van der Waals surface area contributed by atoms with Crippen LogP contribution in [0.25, 0.3) is 0 Å². The summed E-state index contributed by atoms with van der Waals surface area (Å²) < 4.78 is 0. The molecule has 2 N–H and O–H groups in total. The van der Waals surface area contributed by atoms with Crippen LogP contribution in [0.1, 0.15) is 23.2 Å². The van der Waals surface area contributed by atoms with E-state index in [0.717, 1.165) is 12.8 Å². The number of hydrogen-bond acceptors (Lipinski definition) is 5. The highest BCUT2D eigenvalue weighted by atomic mass is 16.2. The number of pyridine rings is 1. The molecule has 1 saturated heterocycles. The van der Waals surface area contributed by atoms with Crippen molar-refractivity contribution in [2.45, 2.75) is 12.8 Å². The maximum Gasteiger partial charge on any atom is 0.309 e. The summed E-state index contributed by atoms with van der Waals surface area (Å²) in [5, 5.41) is 5.28. The van der Waals surface area contributed by atoms with Gasteiger partial charge in [0.2, 0.25) is 0 Å². The first kappa shape index (κ1) is 19.8. The molecule has 142 valence electrons. The minimum absolute atomic E-state index is 0.0131. The second kappa shape index (κ2) is 9.86. The molecule has 1 fully saturated rings. The van der Waals surface area contributed by atoms with Crippen molar-refractivity contribution in [3.05, 3.63) is 30.1 Å². The summed E-state index contributed by atoms with van der Waals surface area (Å²) in [6, 6.07) is 3.51. The smallest absolute Gasteiger partial charge is 0.309 e. The van der Waals surface area contributed by atoms with E-state index >= 15 is 0 Å². The molecule has 0 radical (unpaired) electrons. The van der Waals surface area contributed by atoms with E-state index in [9.17, 15) is 14.4 Å². The Bertz CT molecular complexity index is 613. The maximum absolute atomic E-state index is 12.4. The first-order valence-corrected chi connectivity index (χ1v) is 8.87. The van der Waals surface area contributed by atoms with E-state index in [-0.39, 0.29) is 11.8 Å². The maximum atomic E-state index is 12.4. The molecule has 0 aliphatic carbocycles. The summed E-state index contributed by atoms with van der Waals surface area (Å²) in [5.74, 6) is -0.944. The van der Waals surface area contributed by atoms with Crippen molar-refractivity contribution in [2.24, 2.45) is 5.92 Å². The Morgan fingerprint density at radius 1 is 1.19 bits per heavy atom. The Hall–Kier alpha value is -2.48. The number of amides is 3. The third-order valence-electron chi connectivity index (χ3n) is 4.41. The second-order valence-corrected chi connectivity index (χ2v) is 6.75. The zero-order chi connectivity index (χ0) is 18.9. The molecule has 26 heavy (non-hydrogen) atoms. The van der Waals surface area contributed by atoms with Gasteiger partial charge >= 0.3 is 11.8 Å². The van der Waals surface area contributed by atoms with Gasteiger partial charge in [-0.05, 0) is 45.0 Å². The Morgan fingerprint density at radius 2 is 1.88 bits per heavy atom. The van der Waals surface area contributed by atoms with Gasteiger partial charge in [-0.15, -0.1) is 0 Å². The minimum Gasteiger partial charge on any atom is -0.348 e. The van der Waals surface area contributed by atoms with Gasteiger partial charge in [0.1, 0.15) is 0 Å². The van der Waals surface area contributed by atoms with Crippen LogP contribution >= 0.6 is 0 Å². The fourth-order valence-electron chi connectivity index (χ4n) is 2.80. The number of likely N-dealkylation sites (N-methyl/N-ethyl adjacent to an activating group) is 1. The molecule has 0 spiro atoms. The largest absolute Gasteiger partial charge is 0.348 e. The first-order chi connectivity index (χ1) is 12.5. The summed E-state index contributed by atoms with van der Waals surface area (Å²) >= 11 is 0. The summed E-state index contributed by atoms with van der Waals surface area (Å²) in [6.07, 6.45) is 4.81. The Morgan fingerprint density at radius 3 is 2.50 bits per heavy atom. The lowest BCUT2D eigenvalue weighted by molar-refractivity contribution is -0.139. The molecule has 1 aliphatic rings. The predicted octanol–water partition coefficient (Wildman–Crippen LogP) is -0.272. The van der Waals surface area contributed by atoms with Gasteiger partial charge in [0.25, 0.3) is 5.91 Å². The van der Waals surface area contributed by atoms with Crippen molar-refractivity contribution >= 4 is 17.7 Å². The quantitative estimate of drug-likeness (QED) is 0.680. The van der Waals surface area contributed by atoms with Gasteiger partial charge < -0.3 is 20.4 Å². The van der Waals surface area contributed by atoms with Crippen molar-refractivity contribution in [1.82, 2.24) is 25.4 Å². The van der Waals surface area contributed by atoms with E-state index in [2.05, 4.69) is 15.6 Å². The molecule has 1 aliphatic heterocycles. The van der Waals surface area contributed by atoms with Crippen molar-refractivity contribution in [1.29, 1.82) is 0 Å². The highest BCUT2D eigenvalue weighted by molar-refractivity contribution is 6.35. The van der Waals surface area contributed by atoms with E-state index in [4.69, 9.17) is 0 Å². The van der Waals surface area contributed by atoms with Gasteiger partial charge in [0, 0.05) is 45.1 Å². The van der Waals surface area contributed by atoms with Crippen LogP contribution in [0.5, 0.6) is 0 Å². The molecule has 1 aromatic heterocycles. The van der Waals surface area contributed by atoms with E-state index < -0.39 is 11.8 Å². The summed E-state index contributed by atoms with van der Waals surface area (Å²) in [5.41, 5.74) is 0.591. The van der Waals surface area contributed by atoms with E-state index in [1.165, 1.54) is 0 Å². The normalized spacial score (nSPS) is 15.0. The molecule has 0 saturated carbocycles. The van der Waals surface area contributed by atoms with Gasteiger partial charge in [0.15, 0.2) is 0 Å². The number of likely N-dealkylation sites (tertiary alicyclic amines) is 1. The van der Waals surface area contributed by atoms with Crippen LogP contribution in [0.4, 0.5) is 0 Å². The fraction of sp³-hybridized carbons (Fsp3) is 0.556. The molecule has 0 unspecified atom stereocenters. The van der Waals surface area contributed by atoms with Crippen LogP contribution in [-0.2, 0) is 9.59 Å². The predicted molar refractivity (Wildman–Crippen MR) is 97.4 cm³/mol. The number of nitrogens with zero attached hydrogens (tertiary/aromatic N) is 3. The molecule has 0 bridgehead atoms. The van der Waals surface area contributed by atoms with Gasteiger partial charge in [-0.3, -0.25) is 19.4 Å². The standard InChI is InChI=1S/C18H27N5O3/c1-22(2)11-8-20-16(24)17(25)21-12-14-5-9-23(10-6-14)18(26)15-4-3-7-19-13-15/h3-4,7,13-14H,5-6,8-12H2,1-2H3,(H,20,24)(H,21,25). The van der Waals surface area contributed by atoms with Crippen molar-refractivity contribution in [3.8, 4) is 0 Å². The molecule has 3 amide bonds. The Labute approximate surface area is 153 Å².